The first kappa shape index (κ1) is 19.2. The monoisotopic (exact) mass is 217 g/mol. The molecule has 4 N–H and O–H groups in total. The summed E-state index contributed by atoms with van der Waals surface area (Å²) in [6.07, 6.45) is 4.38. The number of carboxylic acids is 1. The van der Waals surface area contributed by atoms with Crippen LogP contribution in [0.4, 0.5) is 0 Å². The maximum absolute atomic E-state index is 9.00. The molecule has 0 unspecified atom stereocenters. The van der Waals surface area contributed by atoms with Crippen molar-refractivity contribution in [1.82, 2.24) is 4.98 Å². The summed E-state index contributed by atoms with van der Waals surface area (Å²) in [4.78, 5) is 12.8. The van der Waals surface area contributed by atoms with E-state index in [0.717, 1.165) is 13.3 Å². The highest BCUT2D eigenvalue weighted by Crippen LogP contribution is 1.73. The Bertz CT molecular complexity index is 171. The summed E-state index contributed by atoms with van der Waals surface area (Å²) >= 11 is 0. The first-order valence-electron chi connectivity index (χ1n) is 4.30. The zero-order chi connectivity index (χ0) is 11.2. The summed E-state index contributed by atoms with van der Waals surface area (Å²) < 4.78 is 0. The lowest BCUT2D eigenvalue weighted by atomic mass is 10.5. The van der Waals surface area contributed by atoms with Crippen LogP contribution in [0, 0.1) is 0 Å². The molecule has 0 bridgehead atoms. The van der Waals surface area contributed by atoms with E-state index in [1.165, 1.54) is 0 Å². The molecule has 1 aromatic heterocycles. The fraction of sp³-hybridized carbons (Fsp3) is 0.400. The molecule has 1 aromatic rings. The van der Waals surface area contributed by atoms with Gasteiger partial charge in [0.15, 0.2) is 0 Å². The van der Waals surface area contributed by atoms with Crippen LogP contribution in [0.25, 0.3) is 0 Å². The molecule has 0 aliphatic rings. The van der Waals surface area contributed by atoms with Crippen molar-refractivity contribution in [2.75, 3.05) is 6.61 Å². The van der Waals surface area contributed by atoms with Gasteiger partial charge in [-0.3, -0.25) is 9.78 Å². The molecule has 0 aromatic carbocycles. The number of hydrogen-bond donors (Lipinski definition) is 2. The summed E-state index contributed by atoms with van der Waals surface area (Å²) in [6.45, 7) is 3.33. The van der Waals surface area contributed by atoms with Crippen molar-refractivity contribution in [3.63, 3.8) is 0 Å². The van der Waals surface area contributed by atoms with Gasteiger partial charge in [-0.25, -0.2) is 0 Å². The Hall–Kier alpha value is -1.46. The molecule has 0 amide bonds. The van der Waals surface area contributed by atoms with E-state index in [1.54, 1.807) is 12.4 Å². The molecule has 0 aliphatic carbocycles. The Labute approximate surface area is 89.7 Å². The smallest absolute Gasteiger partial charge is 0.300 e. The number of aliphatic hydroxyl groups excluding tert-OH is 1. The number of aliphatic carboxylic acids is 1. The maximum atomic E-state index is 9.00. The first-order chi connectivity index (χ1) is 6.65. The van der Waals surface area contributed by atoms with Crippen LogP contribution in [-0.4, -0.2) is 33.2 Å². The third-order valence-electron chi connectivity index (χ3n) is 0.790. The van der Waals surface area contributed by atoms with E-state index in [0.29, 0.717) is 6.61 Å². The van der Waals surface area contributed by atoms with E-state index in [9.17, 15) is 0 Å². The molecule has 0 saturated heterocycles. The number of aliphatic hydroxyl groups is 1. The van der Waals surface area contributed by atoms with Crippen molar-refractivity contribution in [1.29, 1.82) is 0 Å². The minimum Gasteiger partial charge on any atom is -0.481 e. The normalized spacial score (nSPS) is 6.87. The van der Waals surface area contributed by atoms with Gasteiger partial charge in [0.1, 0.15) is 0 Å². The highest BCUT2D eigenvalue weighted by molar-refractivity contribution is 5.62. The second-order valence-corrected chi connectivity index (χ2v) is 2.27. The fourth-order valence-electron chi connectivity index (χ4n) is 0.313. The molecule has 1 heterocycles. The minimum absolute atomic E-state index is 0. The van der Waals surface area contributed by atoms with E-state index < -0.39 is 5.97 Å². The summed E-state index contributed by atoms with van der Waals surface area (Å²) in [7, 11) is 0. The average molecular weight is 217 g/mol. The number of pyridine rings is 1. The molecule has 0 spiro atoms. The molecule has 0 saturated carbocycles. The molecule has 0 atom stereocenters. The summed E-state index contributed by atoms with van der Waals surface area (Å²) in [6, 6.07) is 5.72. The predicted molar refractivity (Wildman–Crippen MR) is 58.5 cm³/mol. The van der Waals surface area contributed by atoms with E-state index in [-0.39, 0.29) is 5.48 Å². The van der Waals surface area contributed by atoms with Gasteiger partial charge < -0.3 is 15.7 Å². The van der Waals surface area contributed by atoms with Crippen LogP contribution in [0.2, 0.25) is 0 Å². The van der Waals surface area contributed by atoms with Crippen LogP contribution in [-0.2, 0) is 4.79 Å². The fourth-order valence-corrected chi connectivity index (χ4v) is 0.313. The Morgan fingerprint density at radius 1 is 1.27 bits per heavy atom. The van der Waals surface area contributed by atoms with Crippen LogP contribution in [0.15, 0.2) is 30.6 Å². The van der Waals surface area contributed by atoms with E-state index in [2.05, 4.69) is 4.98 Å². The summed E-state index contributed by atoms with van der Waals surface area (Å²) in [5.74, 6) is -0.833. The van der Waals surface area contributed by atoms with Crippen molar-refractivity contribution in [2.45, 2.75) is 20.3 Å². The van der Waals surface area contributed by atoms with Crippen LogP contribution in [0.5, 0.6) is 0 Å². The van der Waals surface area contributed by atoms with Gasteiger partial charge in [0.05, 0.1) is 0 Å². The topological polar surface area (TPSA) is 102 Å². The van der Waals surface area contributed by atoms with Crippen LogP contribution in [0.1, 0.15) is 20.3 Å². The summed E-state index contributed by atoms with van der Waals surface area (Å²) in [5, 5.41) is 15.3. The quantitative estimate of drug-likeness (QED) is 0.724. The second-order valence-electron chi connectivity index (χ2n) is 2.27. The van der Waals surface area contributed by atoms with Crippen LogP contribution >= 0.6 is 0 Å². The van der Waals surface area contributed by atoms with Crippen molar-refractivity contribution >= 4 is 5.97 Å². The third kappa shape index (κ3) is 45.4. The average Bonchev–Trinajstić information content (AvgIpc) is 2.20. The molecule has 0 aliphatic heterocycles. The van der Waals surface area contributed by atoms with Gasteiger partial charge in [-0.05, 0) is 18.6 Å². The largest absolute Gasteiger partial charge is 0.481 e. The van der Waals surface area contributed by atoms with Gasteiger partial charge in [-0.15, -0.1) is 0 Å². The third-order valence-corrected chi connectivity index (χ3v) is 0.790. The molecule has 0 fully saturated rings. The number of carbonyl (C=O) groups is 1. The second kappa shape index (κ2) is 18.3. The highest BCUT2D eigenvalue weighted by atomic mass is 16.4. The number of hydrogen-bond acceptors (Lipinski definition) is 3. The SMILES string of the molecule is CC(=O)O.CCCO.O.c1ccncc1. The lowest BCUT2D eigenvalue weighted by Gasteiger charge is -1.70. The van der Waals surface area contributed by atoms with E-state index in [4.69, 9.17) is 15.0 Å². The number of aromatic nitrogens is 1. The number of rotatable bonds is 1. The number of carboxylic acid groups (broad SMARTS) is 1. The maximum Gasteiger partial charge on any atom is 0.300 e. The van der Waals surface area contributed by atoms with Gasteiger partial charge in [0, 0.05) is 25.9 Å². The molecule has 0 radical (unpaired) electrons. The van der Waals surface area contributed by atoms with Crippen molar-refractivity contribution in [3.8, 4) is 0 Å². The molecular weight excluding hydrogens is 198 g/mol. The van der Waals surface area contributed by atoms with E-state index in [1.807, 2.05) is 25.1 Å². The molecule has 5 nitrogen and oxygen atoms in total. The zero-order valence-electron chi connectivity index (χ0n) is 9.05. The lowest BCUT2D eigenvalue weighted by molar-refractivity contribution is -0.134. The van der Waals surface area contributed by atoms with Gasteiger partial charge >= 0.3 is 0 Å². The standard InChI is InChI=1S/C5H5N.C3H8O.C2H4O2.H2O/c1-2-4-6-5-3-1;1-2-3-4;1-2(3)4;/h1-5H;4H,2-3H2,1H3;1H3,(H,3,4);1H2. The minimum atomic E-state index is -0.833. The molecule has 88 valence electrons. The van der Waals surface area contributed by atoms with E-state index >= 15 is 0 Å². The Kier molecular flexibility index (Phi) is 23.4. The van der Waals surface area contributed by atoms with Gasteiger partial charge in [-0.2, -0.15) is 0 Å². The highest BCUT2D eigenvalue weighted by Gasteiger charge is 1.65. The molecule has 15 heavy (non-hydrogen) atoms. The molecule has 1 rings (SSSR count). The van der Waals surface area contributed by atoms with Crippen LogP contribution in [0.3, 0.4) is 0 Å². The first-order valence-corrected chi connectivity index (χ1v) is 4.30. The van der Waals surface area contributed by atoms with Crippen molar-refractivity contribution in [3.05, 3.63) is 30.6 Å². The van der Waals surface area contributed by atoms with Gasteiger partial charge in [0.25, 0.3) is 5.97 Å². The van der Waals surface area contributed by atoms with Crippen molar-refractivity contribution < 1.29 is 20.5 Å². The molecular formula is C10H19NO4. The zero-order valence-corrected chi connectivity index (χ0v) is 9.05. The van der Waals surface area contributed by atoms with Gasteiger partial charge in [0.2, 0.25) is 0 Å². The Morgan fingerprint density at radius 3 is 1.67 bits per heavy atom. The summed E-state index contributed by atoms with van der Waals surface area (Å²) in [5.41, 5.74) is 0. The Morgan fingerprint density at radius 2 is 1.60 bits per heavy atom. The lowest BCUT2D eigenvalue weighted by Crippen LogP contribution is -1.78. The predicted octanol–water partition coefficient (Wildman–Crippen LogP) is 0.737. The molecule has 5 heteroatoms. The Balaban J connectivity index is -0.000000145. The van der Waals surface area contributed by atoms with Crippen molar-refractivity contribution in [2.24, 2.45) is 0 Å². The number of nitrogens with zero attached hydrogens (tertiary/aromatic N) is 1. The van der Waals surface area contributed by atoms with Gasteiger partial charge in [-0.1, -0.05) is 13.0 Å². The van der Waals surface area contributed by atoms with Crippen LogP contribution < -0.4 is 0 Å².